The first-order chi connectivity index (χ1) is 12.1. The van der Waals surface area contributed by atoms with E-state index >= 15 is 0 Å². The first kappa shape index (κ1) is 16.0. The van der Waals surface area contributed by atoms with Crippen molar-refractivity contribution in [1.82, 2.24) is 19.9 Å². The maximum Gasteiger partial charge on any atom is 0.261 e. The van der Waals surface area contributed by atoms with Crippen LogP contribution in [0.4, 0.5) is 4.39 Å². The zero-order valence-electron chi connectivity index (χ0n) is 14.1. The van der Waals surface area contributed by atoms with Crippen molar-refractivity contribution >= 4 is 0 Å². The lowest BCUT2D eigenvalue weighted by atomic mass is 9.99. The smallest absolute Gasteiger partial charge is 0.261 e. The number of hydrogen-bond donors (Lipinski definition) is 1. The molecule has 0 amide bonds. The SMILES string of the molecule is CCc1c(-c2nc(C3(N)CCCC3)no2)cnn1-c1ccc(F)cc1. The molecule has 0 unspecified atom stereocenters. The van der Waals surface area contributed by atoms with E-state index in [2.05, 4.69) is 15.2 Å². The summed E-state index contributed by atoms with van der Waals surface area (Å²) in [4.78, 5) is 4.55. The molecule has 3 aromatic rings. The van der Waals surface area contributed by atoms with Gasteiger partial charge in [0.15, 0.2) is 5.82 Å². The molecule has 2 N–H and O–H groups in total. The number of aromatic nitrogens is 4. The summed E-state index contributed by atoms with van der Waals surface area (Å²) in [5.74, 6) is 0.717. The molecule has 2 aromatic heterocycles. The Morgan fingerprint density at radius 2 is 1.96 bits per heavy atom. The fraction of sp³-hybridized carbons (Fsp3) is 0.389. The molecule has 0 bridgehead atoms. The van der Waals surface area contributed by atoms with Gasteiger partial charge in [-0.05, 0) is 43.5 Å². The van der Waals surface area contributed by atoms with Crippen molar-refractivity contribution in [2.45, 2.75) is 44.6 Å². The Hall–Kier alpha value is -2.54. The summed E-state index contributed by atoms with van der Waals surface area (Å²) in [7, 11) is 0. The van der Waals surface area contributed by atoms with Crippen LogP contribution in [-0.2, 0) is 12.0 Å². The minimum Gasteiger partial charge on any atom is -0.334 e. The van der Waals surface area contributed by atoms with Gasteiger partial charge in [-0.15, -0.1) is 0 Å². The normalized spacial score (nSPS) is 16.4. The lowest BCUT2D eigenvalue weighted by Gasteiger charge is -2.17. The molecule has 1 aliphatic carbocycles. The van der Waals surface area contributed by atoms with E-state index in [9.17, 15) is 4.39 Å². The van der Waals surface area contributed by atoms with Gasteiger partial charge in [0, 0.05) is 0 Å². The maximum absolute atomic E-state index is 13.2. The van der Waals surface area contributed by atoms with Gasteiger partial charge in [0.2, 0.25) is 0 Å². The third-order valence-corrected chi connectivity index (χ3v) is 4.87. The summed E-state index contributed by atoms with van der Waals surface area (Å²) < 4.78 is 20.4. The van der Waals surface area contributed by atoms with Crippen LogP contribution in [0.1, 0.15) is 44.1 Å². The van der Waals surface area contributed by atoms with Crippen LogP contribution in [-0.4, -0.2) is 19.9 Å². The van der Waals surface area contributed by atoms with Crippen LogP contribution in [0.15, 0.2) is 35.0 Å². The largest absolute Gasteiger partial charge is 0.334 e. The minimum absolute atomic E-state index is 0.277. The van der Waals surface area contributed by atoms with E-state index in [-0.39, 0.29) is 5.82 Å². The molecule has 130 valence electrons. The molecule has 4 rings (SSSR count). The van der Waals surface area contributed by atoms with E-state index in [1.54, 1.807) is 23.0 Å². The molecular weight excluding hydrogens is 321 g/mol. The molecular formula is C18H20FN5O. The molecule has 0 atom stereocenters. The van der Waals surface area contributed by atoms with Gasteiger partial charge < -0.3 is 10.3 Å². The van der Waals surface area contributed by atoms with E-state index in [4.69, 9.17) is 10.3 Å². The molecule has 1 saturated carbocycles. The standard InChI is InChI=1S/C18H20FN5O/c1-2-15-14(11-21-24(15)13-7-5-12(19)6-8-13)16-22-17(23-25-16)18(20)9-3-4-10-18/h5-8,11H,2-4,9-10,20H2,1H3. The first-order valence-electron chi connectivity index (χ1n) is 8.57. The molecule has 2 heterocycles. The Morgan fingerprint density at radius 1 is 1.24 bits per heavy atom. The van der Waals surface area contributed by atoms with Crippen molar-refractivity contribution in [3.05, 3.63) is 47.8 Å². The highest BCUT2D eigenvalue weighted by Gasteiger charge is 2.36. The molecule has 7 heteroatoms. The Balaban J connectivity index is 1.72. The van der Waals surface area contributed by atoms with Crippen LogP contribution in [0.3, 0.4) is 0 Å². The average molecular weight is 341 g/mol. The zero-order valence-corrected chi connectivity index (χ0v) is 14.1. The third-order valence-electron chi connectivity index (χ3n) is 4.87. The van der Waals surface area contributed by atoms with Crippen LogP contribution in [0.5, 0.6) is 0 Å². The summed E-state index contributed by atoms with van der Waals surface area (Å²) in [6, 6.07) is 6.22. The van der Waals surface area contributed by atoms with Gasteiger partial charge in [0.05, 0.1) is 28.7 Å². The van der Waals surface area contributed by atoms with E-state index in [0.29, 0.717) is 11.7 Å². The Bertz CT molecular complexity index is 877. The summed E-state index contributed by atoms with van der Waals surface area (Å²) >= 11 is 0. The predicted molar refractivity (Wildman–Crippen MR) is 90.5 cm³/mol. The summed E-state index contributed by atoms with van der Waals surface area (Å²) in [5.41, 5.74) is 8.43. The van der Waals surface area contributed by atoms with Gasteiger partial charge in [0.1, 0.15) is 5.82 Å². The summed E-state index contributed by atoms with van der Waals surface area (Å²) in [5, 5.41) is 8.54. The van der Waals surface area contributed by atoms with Crippen LogP contribution < -0.4 is 5.73 Å². The van der Waals surface area contributed by atoms with Crippen LogP contribution in [0.25, 0.3) is 17.1 Å². The third kappa shape index (κ3) is 2.74. The fourth-order valence-electron chi connectivity index (χ4n) is 3.46. The summed E-state index contributed by atoms with van der Waals surface area (Å²) in [6.45, 7) is 2.03. The highest BCUT2D eigenvalue weighted by Crippen LogP contribution is 2.36. The Kier molecular flexibility index (Phi) is 3.88. The zero-order chi connectivity index (χ0) is 17.4. The van der Waals surface area contributed by atoms with Crippen molar-refractivity contribution in [2.24, 2.45) is 5.73 Å². The maximum atomic E-state index is 13.2. The first-order valence-corrected chi connectivity index (χ1v) is 8.57. The van der Waals surface area contributed by atoms with Crippen LogP contribution in [0, 0.1) is 5.82 Å². The molecule has 1 aliphatic rings. The highest BCUT2D eigenvalue weighted by molar-refractivity contribution is 5.57. The van der Waals surface area contributed by atoms with Crippen LogP contribution >= 0.6 is 0 Å². The van der Waals surface area contributed by atoms with E-state index in [1.807, 2.05) is 6.92 Å². The second kappa shape index (κ2) is 6.07. The van der Waals surface area contributed by atoms with E-state index in [1.165, 1.54) is 12.1 Å². The van der Waals surface area contributed by atoms with Crippen LogP contribution in [0.2, 0.25) is 0 Å². The lowest BCUT2D eigenvalue weighted by molar-refractivity contribution is 0.372. The van der Waals surface area contributed by atoms with Gasteiger partial charge >= 0.3 is 0 Å². The van der Waals surface area contributed by atoms with E-state index in [0.717, 1.165) is 49.0 Å². The molecule has 0 radical (unpaired) electrons. The molecule has 0 aliphatic heterocycles. The van der Waals surface area contributed by atoms with Gasteiger partial charge in [-0.1, -0.05) is 24.9 Å². The Morgan fingerprint density at radius 3 is 2.64 bits per heavy atom. The van der Waals surface area contributed by atoms with Crippen molar-refractivity contribution in [1.29, 1.82) is 0 Å². The number of halogens is 1. The average Bonchev–Trinajstić information content (AvgIpc) is 3.34. The lowest BCUT2D eigenvalue weighted by Crippen LogP contribution is -2.34. The van der Waals surface area contributed by atoms with Gasteiger partial charge in [0.25, 0.3) is 5.89 Å². The quantitative estimate of drug-likeness (QED) is 0.787. The molecule has 25 heavy (non-hydrogen) atoms. The van der Waals surface area contributed by atoms with Gasteiger partial charge in [-0.25, -0.2) is 9.07 Å². The topological polar surface area (TPSA) is 82.8 Å². The van der Waals surface area contributed by atoms with Crippen molar-refractivity contribution < 1.29 is 8.91 Å². The Labute approximate surface area is 144 Å². The highest BCUT2D eigenvalue weighted by atomic mass is 19.1. The number of nitrogens with zero attached hydrogens (tertiary/aromatic N) is 4. The molecule has 1 fully saturated rings. The van der Waals surface area contributed by atoms with Crippen molar-refractivity contribution in [2.75, 3.05) is 0 Å². The fourth-order valence-corrected chi connectivity index (χ4v) is 3.46. The number of rotatable bonds is 4. The van der Waals surface area contributed by atoms with E-state index < -0.39 is 5.54 Å². The summed E-state index contributed by atoms with van der Waals surface area (Å²) in [6.07, 6.45) is 6.35. The second-order valence-corrected chi connectivity index (χ2v) is 6.53. The predicted octanol–water partition coefficient (Wildman–Crippen LogP) is 3.35. The van der Waals surface area contributed by atoms with Crippen molar-refractivity contribution in [3.8, 4) is 17.1 Å². The molecule has 0 saturated heterocycles. The number of nitrogens with two attached hydrogens (primary N) is 1. The number of hydrogen-bond acceptors (Lipinski definition) is 5. The molecule has 6 nitrogen and oxygen atoms in total. The monoisotopic (exact) mass is 341 g/mol. The van der Waals surface area contributed by atoms with Crippen molar-refractivity contribution in [3.63, 3.8) is 0 Å². The molecule has 0 spiro atoms. The second-order valence-electron chi connectivity index (χ2n) is 6.53. The number of benzene rings is 1. The van der Waals surface area contributed by atoms with Gasteiger partial charge in [-0.3, -0.25) is 0 Å². The minimum atomic E-state index is -0.485. The van der Waals surface area contributed by atoms with Gasteiger partial charge in [-0.2, -0.15) is 10.1 Å². The molecule has 1 aromatic carbocycles.